The van der Waals surface area contributed by atoms with Crippen LogP contribution >= 0.6 is 0 Å². The first kappa shape index (κ1) is 19.3. The van der Waals surface area contributed by atoms with Gasteiger partial charge in [-0.2, -0.15) is 0 Å². The number of carbonyl (C=O) groups excluding carboxylic acids is 3. The van der Waals surface area contributed by atoms with Gasteiger partial charge in [-0.15, -0.1) is 0 Å². The molecule has 3 rings (SSSR count). The molecule has 0 bridgehead atoms. The molecule has 1 aliphatic rings. The molecule has 7 nitrogen and oxygen atoms in total. The van der Waals surface area contributed by atoms with Gasteiger partial charge in [0.2, 0.25) is 11.8 Å². The van der Waals surface area contributed by atoms with Gasteiger partial charge in [-0.25, -0.2) is 14.5 Å². The number of carbonyl (C=O) groups is 4. The molecule has 28 heavy (non-hydrogen) atoms. The largest absolute Gasteiger partial charge is 0.480 e. The van der Waals surface area contributed by atoms with E-state index in [9.17, 15) is 24.3 Å². The van der Waals surface area contributed by atoms with Crippen molar-refractivity contribution in [2.24, 2.45) is 0 Å². The van der Waals surface area contributed by atoms with Crippen LogP contribution in [-0.2, 0) is 27.3 Å². The standard InChI is InChI=1S/C21H20N2O5/c1-14-7-9-16(10-8-14)13-22-18(24)12-19(25)23(21(22)28)17(20(26)27)11-15-5-3-2-4-6-15/h2-10,17H,11-13H2,1H3,(H,26,27). The number of hydrogen-bond acceptors (Lipinski definition) is 4. The van der Waals surface area contributed by atoms with Crippen molar-refractivity contribution in [1.29, 1.82) is 0 Å². The summed E-state index contributed by atoms with van der Waals surface area (Å²) >= 11 is 0. The van der Waals surface area contributed by atoms with Gasteiger partial charge < -0.3 is 5.11 Å². The molecule has 1 saturated heterocycles. The molecule has 1 atom stereocenters. The molecule has 7 heteroatoms. The number of imide groups is 2. The van der Waals surface area contributed by atoms with Crippen molar-refractivity contribution in [1.82, 2.24) is 9.80 Å². The lowest BCUT2D eigenvalue weighted by atomic mass is 10.0. The van der Waals surface area contributed by atoms with E-state index in [2.05, 4.69) is 0 Å². The lowest BCUT2D eigenvalue weighted by Crippen LogP contribution is -2.60. The first-order valence-corrected chi connectivity index (χ1v) is 8.85. The molecule has 0 saturated carbocycles. The fraction of sp³-hybridized carbons (Fsp3) is 0.238. The number of urea groups is 1. The Kier molecular flexibility index (Phi) is 5.54. The topological polar surface area (TPSA) is 95.0 Å². The lowest BCUT2D eigenvalue weighted by molar-refractivity contribution is -0.153. The molecule has 4 amide bonds. The highest BCUT2D eigenvalue weighted by molar-refractivity contribution is 6.15. The Balaban J connectivity index is 1.86. The van der Waals surface area contributed by atoms with Crippen LogP contribution < -0.4 is 0 Å². The van der Waals surface area contributed by atoms with Gasteiger partial charge in [0.1, 0.15) is 12.5 Å². The molecule has 144 valence electrons. The van der Waals surface area contributed by atoms with E-state index in [4.69, 9.17) is 0 Å². The van der Waals surface area contributed by atoms with E-state index in [1.807, 2.05) is 19.1 Å². The monoisotopic (exact) mass is 380 g/mol. The van der Waals surface area contributed by atoms with E-state index in [-0.39, 0.29) is 13.0 Å². The number of benzene rings is 2. The van der Waals surface area contributed by atoms with Crippen molar-refractivity contribution < 1.29 is 24.3 Å². The van der Waals surface area contributed by atoms with Crippen LogP contribution in [0.2, 0.25) is 0 Å². The summed E-state index contributed by atoms with van der Waals surface area (Å²) < 4.78 is 0. The molecule has 2 aromatic carbocycles. The molecule has 1 unspecified atom stereocenters. The van der Waals surface area contributed by atoms with Crippen molar-refractivity contribution >= 4 is 23.8 Å². The first-order chi connectivity index (χ1) is 13.4. The lowest BCUT2D eigenvalue weighted by Gasteiger charge is -2.36. The molecule has 2 aromatic rings. The predicted molar refractivity (Wildman–Crippen MR) is 100 cm³/mol. The number of nitrogens with zero attached hydrogens (tertiary/aromatic N) is 2. The number of hydrogen-bond donors (Lipinski definition) is 1. The van der Waals surface area contributed by atoms with Gasteiger partial charge in [0.25, 0.3) is 0 Å². The summed E-state index contributed by atoms with van der Waals surface area (Å²) in [5.74, 6) is -2.72. The summed E-state index contributed by atoms with van der Waals surface area (Å²) in [4.78, 5) is 51.0. The predicted octanol–water partition coefficient (Wildman–Crippen LogP) is 2.37. The highest BCUT2D eigenvalue weighted by Gasteiger charge is 2.44. The summed E-state index contributed by atoms with van der Waals surface area (Å²) in [6.45, 7) is 1.90. The van der Waals surface area contributed by atoms with Crippen molar-refractivity contribution in [3.05, 3.63) is 71.3 Å². The maximum absolute atomic E-state index is 12.9. The molecule has 0 spiro atoms. The quantitative estimate of drug-likeness (QED) is 0.777. The highest BCUT2D eigenvalue weighted by Crippen LogP contribution is 2.21. The van der Waals surface area contributed by atoms with Crippen LogP contribution in [0.3, 0.4) is 0 Å². The first-order valence-electron chi connectivity index (χ1n) is 8.85. The van der Waals surface area contributed by atoms with Crippen molar-refractivity contribution in [3.63, 3.8) is 0 Å². The Morgan fingerprint density at radius 3 is 2.21 bits per heavy atom. The zero-order chi connectivity index (χ0) is 20.3. The normalized spacial score (nSPS) is 15.7. The zero-order valence-corrected chi connectivity index (χ0v) is 15.4. The average Bonchev–Trinajstić information content (AvgIpc) is 2.66. The zero-order valence-electron chi connectivity index (χ0n) is 15.4. The molecule has 1 aliphatic heterocycles. The van der Waals surface area contributed by atoms with Crippen molar-refractivity contribution in [3.8, 4) is 0 Å². The minimum atomic E-state index is -1.38. The number of aryl methyl sites for hydroxylation is 1. The minimum Gasteiger partial charge on any atom is -0.480 e. The van der Waals surface area contributed by atoms with Crippen LogP contribution in [0.5, 0.6) is 0 Å². The fourth-order valence-corrected chi connectivity index (χ4v) is 3.12. The molecular weight excluding hydrogens is 360 g/mol. The summed E-state index contributed by atoms with van der Waals surface area (Å²) in [5, 5.41) is 9.65. The van der Waals surface area contributed by atoms with Crippen molar-refractivity contribution in [2.45, 2.75) is 32.4 Å². The number of aliphatic carboxylic acids is 1. The van der Waals surface area contributed by atoms with Crippen molar-refractivity contribution in [2.75, 3.05) is 0 Å². The number of amides is 4. The van der Waals surface area contributed by atoms with Gasteiger partial charge in [0.15, 0.2) is 0 Å². The third kappa shape index (κ3) is 4.09. The second-order valence-electron chi connectivity index (χ2n) is 6.73. The van der Waals surface area contributed by atoms with Gasteiger partial charge in [0, 0.05) is 6.42 Å². The molecular formula is C21H20N2O5. The Morgan fingerprint density at radius 2 is 1.61 bits per heavy atom. The van der Waals surface area contributed by atoms with E-state index < -0.39 is 36.3 Å². The van der Waals surface area contributed by atoms with E-state index in [1.54, 1.807) is 42.5 Å². The van der Waals surface area contributed by atoms with Gasteiger partial charge in [-0.1, -0.05) is 60.2 Å². The third-order valence-electron chi connectivity index (χ3n) is 4.64. The SMILES string of the molecule is Cc1ccc(CN2C(=O)CC(=O)N(C(Cc3ccccc3)C(=O)O)C2=O)cc1. The number of barbiturate groups is 1. The number of carboxylic acids is 1. The van der Waals surface area contributed by atoms with Crippen LogP contribution in [0.15, 0.2) is 54.6 Å². The van der Waals surface area contributed by atoms with Gasteiger partial charge >= 0.3 is 12.0 Å². The van der Waals surface area contributed by atoms with Crippen LogP contribution in [0.1, 0.15) is 23.1 Å². The number of carboxylic acid groups (broad SMARTS) is 1. The van der Waals surface area contributed by atoms with E-state index in [1.165, 1.54) is 0 Å². The summed E-state index contributed by atoms with van der Waals surface area (Å²) in [7, 11) is 0. The van der Waals surface area contributed by atoms with Crippen LogP contribution in [0.25, 0.3) is 0 Å². The molecule has 1 N–H and O–H groups in total. The average molecular weight is 380 g/mol. The van der Waals surface area contributed by atoms with Crippen LogP contribution in [-0.4, -0.2) is 44.8 Å². The highest BCUT2D eigenvalue weighted by atomic mass is 16.4. The Hall–Kier alpha value is -3.48. The van der Waals surface area contributed by atoms with Gasteiger partial charge in [-0.3, -0.25) is 14.5 Å². The molecule has 0 aliphatic carbocycles. The fourth-order valence-electron chi connectivity index (χ4n) is 3.12. The maximum Gasteiger partial charge on any atom is 0.334 e. The Bertz CT molecular complexity index is 908. The van der Waals surface area contributed by atoms with Gasteiger partial charge in [0.05, 0.1) is 6.54 Å². The minimum absolute atomic E-state index is 0.0145. The second-order valence-corrected chi connectivity index (χ2v) is 6.73. The second kappa shape index (κ2) is 8.04. The summed E-state index contributed by atoms with van der Waals surface area (Å²) in [6.07, 6.45) is -0.559. The molecule has 0 radical (unpaired) electrons. The van der Waals surface area contributed by atoms with Gasteiger partial charge in [-0.05, 0) is 18.1 Å². The van der Waals surface area contributed by atoms with E-state index >= 15 is 0 Å². The smallest absolute Gasteiger partial charge is 0.334 e. The van der Waals surface area contributed by atoms with E-state index in [0.29, 0.717) is 10.5 Å². The van der Waals surface area contributed by atoms with E-state index in [0.717, 1.165) is 16.0 Å². The molecule has 1 fully saturated rings. The molecule has 0 aromatic heterocycles. The van der Waals surface area contributed by atoms with Crippen LogP contribution in [0, 0.1) is 6.92 Å². The van der Waals surface area contributed by atoms with Crippen LogP contribution in [0.4, 0.5) is 4.79 Å². The maximum atomic E-state index is 12.9. The Labute approximate surface area is 162 Å². The Morgan fingerprint density at radius 1 is 0.964 bits per heavy atom. The summed E-state index contributed by atoms with van der Waals surface area (Å²) in [5.41, 5.74) is 2.43. The third-order valence-corrected chi connectivity index (χ3v) is 4.64. The molecule has 1 heterocycles. The summed E-state index contributed by atoms with van der Waals surface area (Å²) in [6, 6.07) is 13.8. The number of rotatable bonds is 6.